The first-order chi connectivity index (χ1) is 15.9. The molecule has 9 heteroatoms. The van der Waals surface area contributed by atoms with Crippen molar-refractivity contribution in [1.82, 2.24) is 9.55 Å². The number of amides is 3. The van der Waals surface area contributed by atoms with E-state index in [0.717, 1.165) is 4.90 Å². The van der Waals surface area contributed by atoms with Gasteiger partial charge in [-0.25, -0.2) is 9.88 Å². The number of carbonyl (C=O) groups excluding carboxylic acids is 3. The van der Waals surface area contributed by atoms with Crippen molar-refractivity contribution >= 4 is 51.7 Å². The third-order valence-electron chi connectivity index (χ3n) is 5.32. The maximum Gasteiger partial charge on any atom is 0.269 e. The quantitative estimate of drug-likeness (QED) is 0.472. The molecule has 0 atom stereocenters. The highest BCUT2D eigenvalue weighted by molar-refractivity contribution is 6.40. The highest BCUT2D eigenvalue weighted by Crippen LogP contribution is 2.34. The molecular weight excluding hydrogens is 444 g/mol. The van der Waals surface area contributed by atoms with Crippen LogP contribution in [0.25, 0.3) is 11.0 Å². The van der Waals surface area contributed by atoms with Gasteiger partial charge in [-0.15, -0.1) is 0 Å². The molecule has 2 heterocycles. The third-order valence-corrected chi connectivity index (χ3v) is 5.62. The summed E-state index contributed by atoms with van der Waals surface area (Å²) in [5, 5.41) is 2.81. The van der Waals surface area contributed by atoms with E-state index in [1.54, 1.807) is 48.5 Å². The van der Waals surface area contributed by atoms with Gasteiger partial charge in [0.25, 0.3) is 17.4 Å². The van der Waals surface area contributed by atoms with Crippen LogP contribution < -0.4 is 15.8 Å². The van der Waals surface area contributed by atoms with Crippen molar-refractivity contribution in [2.24, 2.45) is 0 Å². The summed E-state index contributed by atoms with van der Waals surface area (Å²) in [5.41, 5.74) is 1.94. The van der Waals surface area contributed by atoms with Crippen LogP contribution in [0.3, 0.4) is 0 Å². The SMILES string of the molecule is O=C(Cn1c(=O)cnc2ccccc21)Nc1ccc(N2C(=O)c3ccccc3C2=O)c(Cl)c1. The molecular formula is C24H15ClN4O4. The summed E-state index contributed by atoms with van der Waals surface area (Å²) < 4.78 is 1.33. The number of para-hydroxylation sites is 2. The average Bonchev–Trinajstić information content (AvgIpc) is 3.06. The van der Waals surface area contributed by atoms with Crippen molar-refractivity contribution < 1.29 is 14.4 Å². The number of aromatic nitrogens is 2. The van der Waals surface area contributed by atoms with E-state index in [1.807, 2.05) is 0 Å². The second-order valence-corrected chi connectivity index (χ2v) is 7.78. The molecule has 3 amide bonds. The Bertz CT molecular complexity index is 1490. The van der Waals surface area contributed by atoms with E-state index in [9.17, 15) is 19.2 Å². The largest absolute Gasteiger partial charge is 0.324 e. The fraction of sp³-hybridized carbons (Fsp3) is 0.0417. The minimum atomic E-state index is -0.460. The minimum absolute atomic E-state index is 0.119. The topological polar surface area (TPSA) is 101 Å². The van der Waals surface area contributed by atoms with Crippen molar-refractivity contribution in [2.75, 3.05) is 10.2 Å². The number of hydrogen-bond acceptors (Lipinski definition) is 5. The van der Waals surface area contributed by atoms with E-state index in [4.69, 9.17) is 11.6 Å². The van der Waals surface area contributed by atoms with Gasteiger partial charge in [0.2, 0.25) is 5.91 Å². The van der Waals surface area contributed by atoms with Gasteiger partial charge in [0.05, 0.1) is 39.1 Å². The number of nitrogens with zero attached hydrogens (tertiary/aromatic N) is 3. The Balaban J connectivity index is 1.38. The van der Waals surface area contributed by atoms with Crippen LogP contribution in [0, 0.1) is 0 Å². The van der Waals surface area contributed by atoms with Crippen LogP contribution >= 0.6 is 11.6 Å². The van der Waals surface area contributed by atoms with Crippen molar-refractivity contribution in [3.63, 3.8) is 0 Å². The number of imide groups is 1. The number of nitrogens with one attached hydrogen (secondary N) is 1. The van der Waals surface area contributed by atoms with E-state index in [0.29, 0.717) is 27.8 Å². The van der Waals surface area contributed by atoms with Gasteiger partial charge in [0, 0.05) is 5.69 Å². The van der Waals surface area contributed by atoms with Crippen molar-refractivity contribution in [3.05, 3.63) is 99.4 Å². The van der Waals surface area contributed by atoms with Gasteiger partial charge < -0.3 is 5.32 Å². The van der Waals surface area contributed by atoms with E-state index in [1.165, 1.54) is 29.0 Å². The van der Waals surface area contributed by atoms with E-state index in [2.05, 4.69) is 10.3 Å². The molecule has 0 radical (unpaired) electrons. The normalized spacial score (nSPS) is 12.8. The number of rotatable bonds is 4. The van der Waals surface area contributed by atoms with Crippen LogP contribution in [0.1, 0.15) is 20.7 Å². The summed E-state index contributed by atoms with van der Waals surface area (Å²) in [6.07, 6.45) is 1.17. The van der Waals surface area contributed by atoms with Crippen LogP contribution in [-0.2, 0) is 11.3 Å². The minimum Gasteiger partial charge on any atom is -0.324 e. The van der Waals surface area contributed by atoms with Crippen LogP contribution in [0.5, 0.6) is 0 Å². The zero-order chi connectivity index (χ0) is 23.1. The molecule has 0 aliphatic carbocycles. The molecule has 1 aromatic heterocycles. The zero-order valence-electron chi connectivity index (χ0n) is 17.0. The first-order valence-corrected chi connectivity index (χ1v) is 10.3. The number of benzene rings is 3. The Morgan fingerprint density at radius 2 is 1.58 bits per heavy atom. The number of hydrogen-bond donors (Lipinski definition) is 1. The van der Waals surface area contributed by atoms with Gasteiger partial charge in [-0.05, 0) is 42.5 Å². The lowest BCUT2D eigenvalue weighted by Gasteiger charge is -2.17. The summed E-state index contributed by atoms with van der Waals surface area (Å²) in [4.78, 5) is 55.4. The molecule has 5 rings (SSSR count). The fourth-order valence-corrected chi connectivity index (χ4v) is 4.06. The van der Waals surface area contributed by atoms with Crippen LogP contribution in [0.4, 0.5) is 11.4 Å². The molecule has 0 bridgehead atoms. The monoisotopic (exact) mass is 458 g/mol. The standard InChI is InChI=1S/C24H15ClN4O4/c25-17-11-14(9-10-19(17)29-23(32)15-5-1-2-6-16(15)24(29)33)27-21(30)13-28-20-8-4-3-7-18(20)26-12-22(28)31/h1-12H,13H2,(H,27,30). The number of halogens is 1. The predicted octanol–water partition coefficient (Wildman–Crippen LogP) is 3.49. The lowest BCUT2D eigenvalue weighted by atomic mass is 10.1. The van der Waals surface area contributed by atoms with E-state index < -0.39 is 23.3 Å². The Morgan fingerprint density at radius 3 is 2.27 bits per heavy atom. The molecule has 4 aromatic rings. The maximum atomic E-state index is 12.7. The van der Waals surface area contributed by atoms with Crippen molar-refractivity contribution in [3.8, 4) is 0 Å². The maximum absolute atomic E-state index is 12.7. The van der Waals surface area contributed by atoms with E-state index in [-0.39, 0.29) is 17.3 Å². The van der Waals surface area contributed by atoms with Gasteiger partial charge >= 0.3 is 0 Å². The zero-order valence-corrected chi connectivity index (χ0v) is 17.7. The molecule has 0 saturated heterocycles. The van der Waals surface area contributed by atoms with Crippen LogP contribution in [0.2, 0.25) is 5.02 Å². The second kappa shape index (κ2) is 7.99. The molecule has 0 unspecified atom stereocenters. The molecule has 1 aliphatic rings. The highest BCUT2D eigenvalue weighted by atomic mass is 35.5. The van der Waals surface area contributed by atoms with Gasteiger partial charge in [-0.1, -0.05) is 35.9 Å². The molecule has 0 spiro atoms. The van der Waals surface area contributed by atoms with Crippen LogP contribution in [-0.4, -0.2) is 27.3 Å². The van der Waals surface area contributed by atoms with E-state index >= 15 is 0 Å². The number of fused-ring (bicyclic) bond motifs is 2. The number of anilines is 2. The van der Waals surface area contributed by atoms with Gasteiger partial charge in [-0.2, -0.15) is 0 Å². The Labute approximate surface area is 192 Å². The smallest absolute Gasteiger partial charge is 0.269 e. The predicted molar refractivity (Wildman–Crippen MR) is 124 cm³/mol. The number of carbonyl (C=O) groups is 3. The lowest BCUT2D eigenvalue weighted by molar-refractivity contribution is -0.116. The van der Waals surface area contributed by atoms with Crippen molar-refractivity contribution in [1.29, 1.82) is 0 Å². The molecule has 3 aromatic carbocycles. The third kappa shape index (κ3) is 3.56. The molecule has 1 aliphatic heterocycles. The first kappa shape index (κ1) is 20.6. The molecule has 1 N–H and O–H groups in total. The fourth-order valence-electron chi connectivity index (χ4n) is 3.80. The van der Waals surface area contributed by atoms with Gasteiger partial charge in [-0.3, -0.25) is 23.7 Å². The van der Waals surface area contributed by atoms with Crippen LogP contribution in [0.15, 0.2) is 77.7 Å². The highest BCUT2D eigenvalue weighted by Gasteiger charge is 2.37. The summed E-state index contributed by atoms with van der Waals surface area (Å²) in [6.45, 7) is -0.223. The Hall–Kier alpha value is -4.30. The lowest BCUT2D eigenvalue weighted by Crippen LogP contribution is -2.30. The second-order valence-electron chi connectivity index (χ2n) is 7.38. The Kier molecular flexibility index (Phi) is 4.99. The molecule has 0 fully saturated rings. The average molecular weight is 459 g/mol. The Morgan fingerprint density at radius 1 is 0.909 bits per heavy atom. The van der Waals surface area contributed by atoms with Gasteiger partial charge in [0.15, 0.2) is 0 Å². The molecule has 0 saturated carbocycles. The summed E-state index contributed by atoms with van der Waals surface area (Å²) in [6, 6.07) is 18.0. The molecule has 33 heavy (non-hydrogen) atoms. The summed E-state index contributed by atoms with van der Waals surface area (Å²) in [7, 11) is 0. The molecule has 8 nitrogen and oxygen atoms in total. The summed E-state index contributed by atoms with van der Waals surface area (Å²) >= 11 is 6.37. The van der Waals surface area contributed by atoms with Crippen molar-refractivity contribution in [2.45, 2.75) is 6.54 Å². The summed E-state index contributed by atoms with van der Waals surface area (Å²) in [5.74, 6) is -1.37. The first-order valence-electron chi connectivity index (χ1n) is 9.96. The van der Waals surface area contributed by atoms with Gasteiger partial charge in [0.1, 0.15) is 6.54 Å². The molecule has 162 valence electrons.